The average molecular weight is 318 g/mol. The molecule has 0 spiro atoms. The molecule has 1 aliphatic carbocycles. The van der Waals surface area contributed by atoms with E-state index in [1.807, 2.05) is 0 Å². The summed E-state index contributed by atoms with van der Waals surface area (Å²) in [4.78, 5) is 0. The zero-order chi connectivity index (χ0) is 15.5. The van der Waals surface area contributed by atoms with Gasteiger partial charge in [-0.15, -0.1) is 0 Å². The number of hydrogen-bond donors (Lipinski definition) is 2. The van der Waals surface area contributed by atoms with Gasteiger partial charge in [0.2, 0.25) is 0 Å². The molecule has 0 radical (unpaired) electrons. The highest BCUT2D eigenvalue weighted by Crippen LogP contribution is 2.33. The third kappa shape index (κ3) is 4.65. The van der Waals surface area contributed by atoms with Gasteiger partial charge in [0.05, 0.1) is 5.60 Å². The molecule has 1 saturated carbocycles. The minimum Gasteiger partial charge on any atom is -0.389 e. The van der Waals surface area contributed by atoms with Crippen molar-refractivity contribution < 1.29 is 13.5 Å². The molecule has 2 rings (SSSR count). The van der Waals surface area contributed by atoms with Gasteiger partial charge in [-0.25, -0.2) is 0 Å². The lowest BCUT2D eigenvalue weighted by Crippen LogP contribution is -2.51. The van der Waals surface area contributed by atoms with Crippen LogP contribution in [-0.2, 0) is 10.2 Å². The molecule has 1 aliphatic heterocycles. The molecule has 2 aliphatic rings. The van der Waals surface area contributed by atoms with Gasteiger partial charge in [0.15, 0.2) is 0 Å². The molecule has 0 amide bonds. The molecule has 1 unspecified atom stereocenters. The van der Waals surface area contributed by atoms with E-state index in [2.05, 4.69) is 18.6 Å². The van der Waals surface area contributed by atoms with Gasteiger partial charge >= 0.3 is 0 Å². The second-order valence-corrected chi connectivity index (χ2v) is 8.76. The Morgan fingerprint density at radius 2 is 1.95 bits per heavy atom. The van der Waals surface area contributed by atoms with Crippen LogP contribution in [0.5, 0.6) is 0 Å². The van der Waals surface area contributed by atoms with Crippen LogP contribution in [0.2, 0.25) is 0 Å². The molecule has 1 atom stereocenters. The fourth-order valence-corrected chi connectivity index (χ4v) is 4.94. The maximum absolute atomic E-state index is 12.3. The summed E-state index contributed by atoms with van der Waals surface area (Å²) < 4.78 is 28.9. The van der Waals surface area contributed by atoms with E-state index in [1.165, 1.54) is 4.31 Å². The molecule has 5 nitrogen and oxygen atoms in total. The number of nitrogens with zero attached hydrogens (tertiary/aromatic N) is 1. The van der Waals surface area contributed by atoms with Gasteiger partial charge in [-0.2, -0.15) is 17.4 Å². The van der Waals surface area contributed by atoms with Crippen LogP contribution in [0, 0.1) is 11.8 Å². The SMILES string of the molecule is CCC1CCC(O)(CNS(=O)(=O)N2CCCC(C)C2)CC1. The van der Waals surface area contributed by atoms with Crippen LogP contribution < -0.4 is 4.72 Å². The van der Waals surface area contributed by atoms with E-state index in [9.17, 15) is 13.5 Å². The van der Waals surface area contributed by atoms with Gasteiger partial charge in [-0.3, -0.25) is 0 Å². The van der Waals surface area contributed by atoms with E-state index in [0.29, 0.717) is 37.8 Å². The summed E-state index contributed by atoms with van der Waals surface area (Å²) in [6.07, 6.45) is 6.55. The zero-order valence-electron chi connectivity index (χ0n) is 13.3. The molecule has 0 aromatic rings. The number of rotatable bonds is 5. The third-order valence-corrected chi connectivity index (χ3v) is 6.68. The molecule has 0 aromatic heterocycles. The molecule has 0 bridgehead atoms. The van der Waals surface area contributed by atoms with Crippen molar-refractivity contribution in [1.82, 2.24) is 9.03 Å². The second-order valence-electron chi connectivity index (χ2n) is 7.01. The summed E-state index contributed by atoms with van der Waals surface area (Å²) in [5.41, 5.74) is -0.861. The van der Waals surface area contributed by atoms with Gasteiger partial charge in [0.1, 0.15) is 0 Å². The minimum atomic E-state index is -3.45. The van der Waals surface area contributed by atoms with Gasteiger partial charge in [0, 0.05) is 19.6 Å². The zero-order valence-corrected chi connectivity index (χ0v) is 14.2. The monoisotopic (exact) mass is 318 g/mol. The van der Waals surface area contributed by atoms with Crippen LogP contribution in [0.4, 0.5) is 0 Å². The molecule has 2 N–H and O–H groups in total. The molecular formula is C15H30N2O3S. The van der Waals surface area contributed by atoms with Gasteiger partial charge in [-0.1, -0.05) is 20.3 Å². The fraction of sp³-hybridized carbons (Fsp3) is 1.00. The number of piperidine rings is 1. The number of aliphatic hydroxyl groups is 1. The van der Waals surface area contributed by atoms with Crippen molar-refractivity contribution in [1.29, 1.82) is 0 Å². The Bertz CT molecular complexity index is 430. The molecule has 1 heterocycles. The first-order valence-electron chi connectivity index (χ1n) is 8.32. The molecule has 124 valence electrons. The Balaban J connectivity index is 1.86. The third-order valence-electron chi connectivity index (χ3n) is 5.16. The van der Waals surface area contributed by atoms with Crippen LogP contribution in [0.25, 0.3) is 0 Å². The first kappa shape index (κ1) is 17.2. The first-order chi connectivity index (χ1) is 9.85. The van der Waals surface area contributed by atoms with E-state index >= 15 is 0 Å². The quantitative estimate of drug-likeness (QED) is 0.813. The fourth-order valence-electron chi connectivity index (χ4n) is 3.48. The van der Waals surface area contributed by atoms with Gasteiger partial charge in [-0.05, 0) is 50.4 Å². The van der Waals surface area contributed by atoms with Crippen molar-refractivity contribution in [3.63, 3.8) is 0 Å². The van der Waals surface area contributed by atoms with Crippen molar-refractivity contribution in [2.75, 3.05) is 19.6 Å². The van der Waals surface area contributed by atoms with Crippen LogP contribution in [0.15, 0.2) is 0 Å². The number of hydrogen-bond acceptors (Lipinski definition) is 3. The minimum absolute atomic E-state index is 0.149. The van der Waals surface area contributed by atoms with Crippen molar-refractivity contribution in [3.8, 4) is 0 Å². The van der Waals surface area contributed by atoms with Gasteiger partial charge in [0.25, 0.3) is 10.2 Å². The molecule has 6 heteroatoms. The predicted molar refractivity (Wildman–Crippen MR) is 84.1 cm³/mol. The predicted octanol–water partition coefficient (Wildman–Crippen LogP) is 1.88. The molecule has 2 fully saturated rings. The summed E-state index contributed by atoms with van der Waals surface area (Å²) in [7, 11) is -3.45. The Kier molecular flexibility index (Phi) is 5.68. The average Bonchev–Trinajstić information content (AvgIpc) is 2.46. The summed E-state index contributed by atoms with van der Waals surface area (Å²) >= 11 is 0. The van der Waals surface area contributed by atoms with E-state index in [0.717, 1.165) is 32.1 Å². The Morgan fingerprint density at radius 1 is 1.29 bits per heavy atom. The van der Waals surface area contributed by atoms with Crippen LogP contribution >= 0.6 is 0 Å². The Hall–Kier alpha value is -0.170. The second kappa shape index (κ2) is 6.94. The smallest absolute Gasteiger partial charge is 0.279 e. The summed E-state index contributed by atoms with van der Waals surface area (Å²) in [6, 6.07) is 0. The first-order valence-corrected chi connectivity index (χ1v) is 9.76. The van der Waals surface area contributed by atoms with Crippen molar-refractivity contribution in [3.05, 3.63) is 0 Å². The lowest BCUT2D eigenvalue weighted by molar-refractivity contribution is -0.00476. The van der Waals surface area contributed by atoms with Crippen molar-refractivity contribution in [2.24, 2.45) is 11.8 Å². The largest absolute Gasteiger partial charge is 0.389 e. The summed E-state index contributed by atoms with van der Waals surface area (Å²) in [5.74, 6) is 1.10. The van der Waals surface area contributed by atoms with Crippen LogP contribution in [-0.4, -0.2) is 43.1 Å². The van der Waals surface area contributed by atoms with E-state index < -0.39 is 15.8 Å². The maximum atomic E-state index is 12.3. The van der Waals surface area contributed by atoms with E-state index in [-0.39, 0.29) is 6.54 Å². The van der Waals surface area contributed by atoms with Crippen molar-refractivity contribution >= 4 is 10.2 Å². The standard InChI is InChI=1S/C15H30N2O3S/c1-3-14-6-8-15(18,9-7-14)12-16-21(19,20)17-10-4-5-13(2)11-17/h13-14,16,18H,3-12H2,1-2H3. The van der Waals surface area contributed by atoms with Gasteiger partial charge < -0.3 is 5.11 Å². The Labute approximate surface area is 129 Å². The van der Waals surface area contributed by atoms with E-state index in [1.54, 1.807) is 0 Å². The van der Waals surface area contributed by atoms with Crippen LogP contribution in [0.1, 0.15) is 58.8 Å². The summed E-state index contributed by atoms with van der Waals surface area (Å²) in [6.45, 7) is 5.59. The highest BCUT2D eigenvalue weighted by atomic mass is 32.2. The van der Waals surface area contributed by atoms with Crippen molar-refractivity contribution in [2.45, 2.75) is 64.4 Å². The normalized spacial score (nSPS) is 35.8. The highest BCUT2D eigenvalue weighted by molar-refractivity contribution is 7.87. The molecule has 1 saturated heterocycles. The maximum Gasteiger partial charge on any atom is 0.279 e. The lowest BCUT2D eigenvalue weighted by atomic mass is 9.78. The topological polar surface area (TPSA) is 69.6 Å². The van der Waals surface area contributed by atoms with Crippen LogP contribution in [0.3, 0.4) is 0 Å². The molecule has 0 aromatic carbocycles. The summed E-state index contributed by atoms with van der Waals surface area (Å²) in [5, 5.41) is 10.6. The molecule has 21 heavy (non-hydrogen) atoms. The lowest BCUT2D eigenvalue weighted by Gasteiger charge is -2.37. The molecular weight excluding hydrogens is 288 g/mol. The Morgan fingerprint density at radius 3 is 2.52 bits per heavy atom. The van der Waals surface area contributed by atoms with E-state index in [4.69, 9.17) is 0 Å². The highest BCUT2D eigenvalue weighted by Gasteiger charge is 2.35. The number of nitrogens with one attached hydrogen (secondary N) is 1.